The third kappa shape index (κ3) is 3.07. The van der Waals surface area contributed by atoms with E-state index in [2.05, 4.69) is 15.3 Å². The quantitative estimate of drug-likeness (QED) is 0.815. The predicted octanol–water partition coefficient (Wildman–Crippen LogP) is 2.55. The van der Waals surface area contributed by atoms with Crippen LogP contribution in [0.1, 0.15) is 37.7 Å². The maximum absolute atomic E-state index is 10.4. The van der Waals surface area contributed by atoms with E-state index in [1.54, 1.807) is 0 Å². The molecule has 0 spiro atoms. The van der Waals surface area contributed by atoms with Gasteiger partial charge in [-0.3, -0.25) is 0 Å². The zero-order valence-corrected chi connectivity index (χ0v) is 10.8. The second-order valence-corrected chi connectivity index (χ2v) is 5.13. The topological polar surface area (TPSA) is 58.0 Å². The molecule has 94 valence electrons. The minimum absolute atomic E-state index is 0.457. The molecule has 17 heavy (non-hydrogen) atoms. The Morgan fingerprint density at radius 3 is 2.76 bits per heavy atom. The van der Waals surface area contributed by atoms with E-state index in [1.807, 2.05) is 6.92 Å². The van der Waals surface area contributed by atoms with Gasteiger partial charge in [-0.25, -0.2) is 9.97 Å². The van der Waals surface area contributed by atoms with Crippen molar-refractivity contribution in [3.8, 4) is 0 Å². The minimum atomic E-state index is -0.595. The van der Waals surface area contributed by atoms with Crippen LogP contribution in [-0.4, -0.2) is 27.2 Å². The Hall–Kier alpha value is -0.870. The highest BCUT2D eigenvalue weighted by Crippen LogP contribution is 2.28. The lowest BCUT2D eigenvalue weighted by Gasteiger charge is -2.32. The highest BCUT2D eigenvalue weighted by atomic mass is 35.5. The van der Waals surface area contributed by atoms with Gasteiger partial charge in [0.2, 0.25) is 0 Å². The summed E-state index contributed by atoms with van der Waals surface area (Å²) in [6, 6.07) is 0. The molecule has 5 heteroatoms. The Morgan fingerprint density at radius 2 is 2.06 bits per heavy atom. The fourth-order valence-electron chi connectivity index (χ4n) is 2.24. The van der Waals surface area contributed by atoms with Gasteiger partial charge in [-0.05, 0) is 19.8 Å². The van der Waals surface area contributed by atoms with Crippen molar-refractivity contribution in [2.24, 2.45) is 0 Å². The molecule has 1 aromatic heterocycles. The third-order valence-electron chi connectivity index (χ3n) is 3.39. The summed E-state index contributed by atoms with van der Waals surface area (Å²) in [5.41, 5.74) is 0.232. The summed E-state index contributed by atoms with van der Waals surface area (Å²) < 4.78 is 0. The van der Waals surface area contributed by atoms with E-state index < -0.39 is 5.60 Å². The molecular weight excluding hydrogens is 238 g/mol. The van der Waals surface area contributed by atoms with Crippen molar-refractivity contribution in [1.29, 1.82) is 0 Å². The normalized spacial score (nSPS) is 19.0. The van der Waals surface area contributed by atoms with Crippen molar-refractivity contribution in [1.82, 2.24) is 9.97 Å². The van der Waals surface area contributed by atoms with Crippen molar-refractivity contribution in [3.05, 3.63) is 17.0 Å². The van der Waals surface area contributed by atoms with Gasteiger partial charge in [-0.15, -0.1) is 0 Å². The first-order valence-corrected chi connectivity index (χ1v) is 6.42. The largest absolute Gasteiger partial charge is 0.388 e. The molecule has 1 aliphatic carbocycles. The molecule has 4 nitrogen and oxygen atoms in total. The molecule has 1 saturated carbocycles. The zero-order chi connectivity index (χ0) is 12.3. The standard InChI is InChI=1S/C12H18ClN3O/c1-9-10(13)15-8-16-11(9)14-7-12(17)5-3-2-4-6-12/h8,17H,2-7H2,1H3,(H,14,15,16). The first-order chi connectivity index (χ1) is 8.11. The molecule has 1 heterocycles. The number of hydrogen-bond acceptors (Lipinski definition) is 4. The number of halogens is 1. The number of anilines is 1. The van der Waals surface area contributed by atoms with Crippen LogP contribution in [0.3, 0.4) is 0 Å². The van der Waals surface area contributed by atoms with Crippen molar-refractivity contribution in [3.63, 3.8) is 0 Å². The van der Waals surface area contributed by atoms with E-state index >= 15 is 0 Å². The molecule has 1 fully saturated rings. The van der Waals surface area contributed by atoms with Crippen molar-refractivity contribution >= 4 is 17.4 Å². The molecule has 0 amide bonds. The average molecular weight is 256 g/mol. The smallest absolute Gasteiger partial charge is 0.137 e. The second-order valence-electron chi connectivity index (χ2n) is 4.78. The van der Waals surface area contributed by atoms with Crippen molar-refractivity contribution in [2.75, 3.05) is 11.9 Å². The number of aromatic nitrogens is 2. The Balaban J connectivity index is 1.99. The maximum atomic E-state index is 10.4. The summed E-state index contributed by atoms with van der Waals surface area (Å²) in [5, 5.41) is 14.0. The summed E-state index contributed by atoms with van der Waals surface area (Å²) in [6.45, 7) is 2.40. The molecule has 0 atom stereocenters. The van der Waals surface area contributed by atoms with Gasteiger partial charge in [0.05, 0.1) is 5.60 Å². The SMILES string of the molecule is Cc1c(Cl)ncnc1NCC1(O)CCCCC1. The summed E-state index contributed by atoms with van der Waals surface area (Å²) in [5.74, 6) is 0.712. The van der Waals surface area contributed by atoms with E-state index in [0.717, 1.165) is 31.2 Å². The van der Waals surface area contributed by atoms with Crippen LogP contribution >= 0.6 is 11.6 Å². The Labute approximate surface area is 106 Å². The lowest BCUT2D eigenvalue weighted by atomic mass is 9.85. The summed E-state index contributed by atoms with van der Waals surface area (Å²) in [6.07, 6.45) is 6.57. The van der Waals surface area contributed by atoms with Gasteiger partial charge in [-0.1, -0.05) is 30.9 Å². The Bertz CT molecular complexity index is 391. The first-order valence-electron chi connectivity index (χ1n) is 6.04. The minimum Gasteiger partial charge on any atom is -0.388 e. The Morgan fingerprint density at radius 1 is 1.35 bits per heavy atom. The number of nitrogens with zero attached hydrogens (tertiary/aromatic N) is 2. The highest BCUT2D eigenvalue weighted by molar-refractivity contribution is 6.30. The van der Waals surface area contributed by atoms with Crippen LogP contribution in [0, 0.1) is 6.92 Å². The van der Waals surface area contributed by atoms with Crippen LogP contribution in [0.15, 0.2) is 6.33 Å². The van der Waals surface area contributed by atoms with Crippen LogP contribution in [0.25, 0.3) is 0 Å². The molecule has 1 aromatic rings. The maximum Gasteiger partial charge on any atom is 0.137 e. The molecule has 2 rings (SSSR count). The van der Waals surface area contributed by atoms with Crippen LogP contribution in [0.4, 0.5) is 5.82 Å². The molecule has 0 aliphatic heterocycles. The van der Waals surface area contributed by atoms with Crippen molar-refractivity contribution < 1.29 is 5.11 Å². The van der Waals surface area contributed by atoms with E-state index in [4.69, 9.17) is 11.6 Å². The van der Waals surface area contributed by atoms with Crippen molar-refractivity contribution in [2.45, 2.75) is 44.6 Å². The number of rotatable bonds is 3. The van der Waals surface area contributed by atoms with Crippen LogP contribution in [0.2, 0.25) is 5.15 Å². The third-order valence-corrected chi connectivity index (χ3v) is 3.77. The van der Waals surface area contributed by atoms with Gasteiger partial charge in [0.1, 0.15) is 17.3 Å². The summed E-state index contributed by atoms with van der Waals surface area (Å²) in [4.78, 5) is 8.04. The second kappa shape index (κ2) is 5.19. The number of aliphatic hydroxyl groups is 1. The molecule has 0 aromatic carbocycles. The fraction of sp³-hybridized carbons (Fsp3) is 0.667. The molecule has 2 N–H and O–H groups in total. The molecule has 0 radical (unpaired) electrons. The predicted molar refractivity (Wildman–Crippen MR) is 68.3 cm³/mol. The van der Waals surface area contributed by atoms with Gasteiger partial charge in [0.15, 0.2) is 0 Å². The van der Waals surface area contributed by atoms with E-state index in [1.165, 1.54) is 12.7 Å². The average Bonchev–Trinajstić information content (AvgIpc) is 2.32. The van der Waals surface area contributed by atoms with Gasteiger partial charge >= 0.3 is 0 Å². The summed E-state index contributed by atoms with van der Waals surface area (Å²) in [7, 11) is 0. The zero-order valence-electron chi connectivity index (χ0n) is 10.0. The Kier molecular flexibility index (Phi) is 3.84. The van der Waals surface area contributed by atoms with E-state index in [9.17, 15) is 5.11 Å². The van der Waals surface area contributed by atoms with Gasteiger partial charge in [0, 0.05) is 12.1 Å². The number of hydrogen-bond donors (Lipinski definition) is 2. The van der Waals surface area contributed by atoms with Crippen LogP contribution in [0.5, 0.6) is 0 Å². The van der Waals surface area contributed by atoms with Crippen LogP contribution in [-0.2, 0) is 0 Å². The van der Waals surface area contributed by atoms with E-state index in [-0.39, 0.29) is 0 Å². The molecular formula is C12H18ClN3O. The summed E-state index contributed by atoms with van der Waals surface area (Å²) >= 11 is 5.92. The molecule has 1 aliphatic rings. The fourth-order valence-corrected chi connectivity index (χ4v) is 2.37. The molecule has 0 unspecified atom stereocenters. The lowest BCUT2D eigenvalue weighted by molar-refractivity contribution is 0.0166. The number of nitrogens with one attached hydrogen (secondary N) is 1. The molecule has 0 bridgehead atoms. The van der Waals surface area contributed by atoms with Gasteiger partial charge < -0.3 is 10.4 Å². The lowest BCUT2D eigenvalue weighted by Crippen LogP contribution is -2.39. The van der Waals surface area contributed by atoms with Crippen LogP contribution < -0.4 is 5.32 Å². The van der Waals surface area contributed by atoms with Gasteiger partial charge in [0.25, 0.3) is 0 Å². The highest BCUT2D eigenvalue weighted by Gasteiger charge is 2.29. The first kappa shape index (κ1) is 12.6. The van der Waals surface area contributed by atoms with E-state index in [0.29, 0.717) is 17.5 Å². The molecule has 0 saturated heterocycles. The van der Waals surface area contributed by atoms with Gasteiger partial charge in [-0.2, -0.15) is 0 Å². The monoisotopic (exact) mass is 255 g/mol.